The highest BCUT2D eigenvalue weighted by molar-refractivity contribution is 5.91. The maximum atomic E-state index is 11.3. The van der Waals surface area contributed by atoms with Crippen LogP contribution in [0.2, 0.25) is 0 Å². The van der Waals surface area contributed by atoms with Crippen molar-refractivity contribution in [3.8, 4) is 22.8 Å². The molecule has 3 heterocycles. The number of nitrogens with one attached hydrogen (secondary N) is 2. The van der Waals surface area contributed by atoms with Crippen molar-refractivity contribution in [3.63, 3.8) is 0 Å². The summed E-state index contributed by atoms with van der Waals surface area (Å²) in [5.74, 6) is 0.796. The molecule has 0 spiro atoms. The fourth-order valence-electron chi connectivity index (χ4n) is 3.72. The summed E-state index contributed by atoms with van der Waals surface area (Å²) >= 11 is 0. The number of anilines is 3. The number of hydrogen-bond acceptors (Lipinski definition) is 8. The van der Waals surface area contributed by atoms with Crippen molar-refractivity contribution in [2.75, 3.05) is 11.1 Å². The zero-order valence-electron chi connectivity index (χ0n) is 19.0. The van der Waals surface area contributed by atoms with Gasteiger partial charge in [-0.2, -0.15) is 9.97 Å². The van der Waals surface area contributed by atoms with E-state index in [1.54, 1.807) is 30.7 Å². The first-order valence-electron chi connectivity index (χ1n) is 10.8. The van der Waals surface area contributed by atoms with Crippen LogP contribution in [0.15, 0.2) is 61.1 Å². The average molecular weight is 467 g/mol. The maximum absolute atomic E-state index is 11.3. The quantitative estimate of drug-likeness (QED) is 0.270. The number of nitrogen functional groups attached to an aromatic ring is 1. The van der Waals surface area contributed by atoms with Gasteiger partial charge in [0.1, 0.15) is 17.0 Å². The lowest BCUT2D eigenvalue weighted by Crippen LogP contribution is -2.12. The molecule has 0 saturated carbocycles. The summed E-state index contributed by atoms with van der Waals surface area (Å²) in [4.78, 5) is 31.8. The maximum Gasteiger partial charge on any atom is 0.267 e. The minimum atomic E-state index is -0.562. The molecule has 3 aromatic heterocycles. The predicted octanol–water partition coefficient (Wildman–Crippen LogP) is 4.25. The molecule has 10 nitrogen and oxygen atoms in total. The second-order valence-corrected chi connectivity index (χ2v) is 8.04. The number of hydrogen-bond donors (Lipinski definition) is 4. The first-order valence-corrected chi connectivity index (χ1v) is 10.8. The van der Waals surface area contributed by atoms with Crippen molar-refractivity contribution in [3.05, 3.63) is 77.9 Å². The van der Waals surface area contributed by atoms with Crippen molar-refractivity contribution >= 4 is 34.4 Å². The van der Waals surface area contributed by atoms with Gasteiger partial charge in [-0.3, -0.25) is 9.78 Å². The lowest BCUT2D eigenvalue weighted by atomic mass is 10.0. The van der Waals surface area contributed by atoms with Gasteiger partial charge in [-0.15, -0.1) is 0 Å². The third-order valence-electron chi connectivity index (χ3n) is 5.43. The Kier molecular flexibility index (Phi) is 5.46. The van der Waals surface area contributed by atoms with Gasteiger partial charge in [0.25, 0.3) is 11.8 Å². The molecule has 0 radical (unpaired) electrons. The van der Waals surface area contributed by atoms with E-state index in [-0.39, 0.29) is 5.69 Å². The SMILES string of the molecule is Cc1cc(-c2ccc(C(N)=O)nc2)cc(C)c1Oc1nc(Nc2ccc(N)cc2)nc2nc[nH]c12. The monoisotopic (exact) mass is 466 g/mol. The molecule has 0 saturated heterocycles. The van der Waals surface area contributed by atoms with E-state index < -0.39 is 5.91 Å². The Morgan fingerprint density at radius 2 is 1.71 bits per heavy atom. The molecule has 174 valence electrons. The number of ether oxygens (including phenoxy) is 1. The van der Waals surface area contributed by atoms with Crippen molar-refractivity contribution < 1.29 is 9.53 Å². The lowest BCUT2D eigenvalue weighted by molar-refractivity contribution is 0.0995. The molecule has 0 atom stereocenters. The molecule has 2 aromatic carbocycles. The first-order chi connectivity index (χ1) is 16.9. The minimum absolute atomic E-state index is 0.220. The van der Waals surface area contributed by atoms with Gasteiger partial charge in [-0.25, -0.2) is 4.98 Å². The third kappa shape index (κ3) is 4.44. The van der Waals surface area contributed by atoms with E-state index in [1.807, 2.05) is 44.2 Å². The second kappa shape index (κ2) is 8.75. The van der Waals surface area contributed by atoms with Crippen LogP contribution < -0.4 is 21.5 Å². The van der Waals surface area contributed by atoms with Crippen LogP contribution in [-0.2, 0) is 0 Å². The second-order valence-electron chi connectivity index (χ2n) is 8.04. The summed E-state index contributed by atoms with van der Waals surface area (Å²) in [6.45, 7) is 3.91. The Morgan fingerprint density at radius 1 is 0.971 bits per heavy atom. The normalized spacial score (nSPS) is 10.9. The zero-order chi connectivity index (χ0) is 24.5. The Labute approximate surface area is 200 Å². The molecule has 0 aliphatic heterocycles. The van der Waals surface area contributed by atoms with Gasteiger partial charge in [-0.05, 0) is 73.0 Å². The summed E-state index contributed by atoms with van der Waals surface area (Å²) in [5.41, 5.74) is 17.4. The summed E-state index contributed by atoms with van der Waals surface area (Å²) in [5, 5.41) is 3.16. The number of carbonyl (C=O) groups is 1. The van der Waals surface area contributed by atoms with Gasteiger partial charge in [0.2, 0.25) is 5.95 Å². The molecule has 10 heteroatoms. The number of aromatic nitrogens is 5. The number of nitrogens with zero attached hydrogens (tertiary/aromatic N) is 4. The van der Waals surface area contributed by atoms with E-state index in [1.165, 1.54) is 0 Å². The molecule has 35 heavy (non-hydrogen) atoms. The van der Waals surface area contributed by atoms with Crippen molar-refractivity contribution in [1.82, 2.24) is 24.9 Å². The summed E-state index contributed by atoms with van der Waals surface area (Å²) in [6.07, 6.45) is 3.17. The standard InChI is InChI=1S/C25H22N8O2/c1-13-9-16(15-3-8-19(22(27)34)28-11-15)10-14(2)21(13)35-24-20-23(30-12-29-20)32-25(33-24)31-18-6-4-17(26)5-7-18/h3-12H,26H2,1-2H3,(H2,27,34)(H2,29,30,31,32,33). The first kappa shape index (κ1) is 21.8. The molecular weight excluding hydrogens is 444 g/mol. The molecule has 0 aliphatic carbocycles. The smallest absolute Gasteiger partial charge is 0.267 e. The fourth-order valence-corrected chi connectivity index (χ4v) is 3.72. The highest BCUT2D eigenvalue weighted by atomic mass is 16.5. The Balaban J connectivity index is 1.48. The molecule has 0 unspecified atom stereocenters. The van der Waals surface area contributed by atoms with E-state index in [4.69, 9.17) is 16.2 Å². The zero-order valence-corrected chi connectivity index (χ0v) is 19.0. The molecule has 5 aromatic rings. The van der Waals surface area contributed by atoms with E-state index in [2.05, 4.69) is 30.2 Å². The Hall–Kier alpha value is -4.99. The molecule has 5 rings (SSSR count). The van der Waals surface area contributed by atoms with Crippen molar-refractivity contribution in [1.29, 1.82) is 0 Å². The van der Waals surface area contributed by atoms with Gasteiger partial charge in [-0.1, -0.05) is 6.07 Å². The summed E-state index contributed by atoms with van der Waals surface area (Å²) in [7, 11) is 0. The van der Waals surface area contributed by atoms with Crippen LogP contribution in [0.5, 0.6) is 11.6 Å². The number of amides is 1. The van der Waals surface area contributed by atoms with E-state index in [0.717, 1.165) is 27.9 Å². The Bertz CT molecular complexity index is 1520. The highest BCUT2D eigenvalue weighted by Crippen LogP contribution is 2.35. The lowest BCUT2D eigenvalue weighted by Gasteiger charge is -2.14. The van der Waals surface area contributed by atoms with Crippen molar-refractivity contribution in [2.24, 2.45) is 5.73 Å². The number of rotatable bonds is 6. The van der Waals surface area contributed by atoms with E-state index in [0.29, 0.717) is 34.4 Å². The van der Waals surface area contributed by atoms with Crippen LogP contribution in [-0.4, -0.2) is 30.8 Å². The van der Waals surface area contributed by atoms with Crippen LogP contribution in [0.1, 0.15) is 21.6 Å². The van der Waals surface area contributed by atoms with Crippen molar-refractivity contribution in [2.45, 2.75) is 13.8 Å². The summed E-state index contributed by atoms with van der Waals surface area (Å²) < 4.78 is 6.29. The molecule has 1 amide bonds. The number of primary amides is 1. The van der Waals surface area contributed by atoms with Gasteiger partial charge < -0.3 is 26.5 Å². The van der Waals surface area contributed by atoms with Gasteiger partial charge in [0.15, 0.2) is 5.65 Å². The van der Waals surface area contributed by atoms with Crippen LogP contribution in [0.3, 0.4) is 0 Å². The number of carbonyl (C=O) groups excluding carboxylic acids is 1. The molecule has 6 N–H and O–H groups in total. The van der Waals surface area contributed by atoms with Crippen LogP contribution in [0.4, 0.5) is 17.3 Å². The van der Waals surface area contributed by atoms with Crippen LogP contribution in [0.25, 0.3) is 22.3 Å². The van der Waals surface area contributed by atoms with Gasteiger partial charge >= 0.3 is 0 Å². The number of pyridine rings is 1. The number of fused-ring (bicyclic) bond motifs is 1. The van der Waals surface area contributed by atoms with Crippen LogP contribution >= 0.6 is 0 Å². The van der Waals surface area contributed by atoms with Gasteiger partial charge in [0, 0.05) is 23.1 Å². The molecule has 0 fully saturated rings. The average Bonchev–Trinajstić information content (AvgIpc) is 3.31. The number of benzene rings is 2. The number of aromatic amines is 1. The molecule has 0 bridgehead atoms. The molecular formula is C25H22N8O2. The van der Waals surface area contributed by atoms with Crippen LogP contribution in [0, 0.1) is 13.8 Å². The number of nitrogens with two attached hydrogens (primary N) is 2. The highest BCUT2D eigenvalue weighted by Gasteiger charge is 2.16. The largest absolute Gasteiger partial charge is 0.436 e. The predicted molar refractivity (Wildman–Crippen MR) is 134 cm³/mol. The topological polar surface area (TPSA) is 158 Å². The van der Waals surface area contributed by atoms with Gasteiger partial charge in [0.05, 0.1) is 6.33 Å². The Morgan fingerprint density at radius 3 is 2.37 bits per heavy atom. The van der Waals surface area contributed by atoms with E-state index >= 15 is 0 Å². The van der Waals surface area contributed by atoms with E-state index in [9.17, 15) is 4.79 Å². The minimum Gasteiger partial charge on any atom is -0.436 e. The summed E-state index contributed by atoms with van der Waals surface area (Å²) in [6, 6.07) is 14.7. The fraction of sp³-hybridized carbons (Fsp3) is 0.0800. The number of imidazole rings is 1. The number of aryl methyl sites for hydroxylation is 2. The molecule has 0 aliphatic rings. The number of H-pyrrole nitrogens is 1. The third-order valence-corrected chi connectivity index (χ3v) is 5.43.